The highest BCUT2D eigenvalue weighted by atomic mass is 35.5. The molecule has 70 valence electrons. The zero-order valence-corrected chi connectivity index (χ0v) is 8.42. The van der Waals surface area contributed by atoms with E-state index in [1.807, 2.05) is 6.07 Å². The Kier molecular flexibility index (Phi) is 2.56. The first-order valence-electron chi connectivity index (χ1n) is 4.59. The molecule has 13 heavy (non-hydrogen) atoms. The maximum Gasteiger partial charge on any atom is 0.0963 e. The van der Waals surface area contributed by atoms with Gasteiger partial charge in [0.25, 0.3) is 0 Å². The van der Waals surface area contributed by atoms with E-state index in [0.717, 1.165) is 6.61 Å². The third-order valence-electron chi connectivity index (χ3n) is 2.56. The molecule has 0 fully saturated rings. The second-order valence-electron chi connectivity index (χ2n) is 3.51. The molecule has 0 saturated heterocycles. The zero-order valence-electron chi connectivity index (χ0n) is 7.66. The Morgan fingerprint density at radius 2 is 2.08 bits per heavy atom. The van der Waals surface area contributed by atoms with Crippen LogP contribution in [-0.4, -0.2) is 12.5 Å². The van der Waals surface area contributed by atoms with Gasteiger partial charge < -0.3 is 4.74 Å². The fourth-order valence-corrected chi connectivity index (χ4v) is 2.08. The van der Waals surface area contributed by atoms with Gasteiger partial charge in [-0.15, -0.1) is 11.6 Å². The van der Waals surface area contributed by atoms with E-state index in [1.165, 1.54) is 11.1 Å². The maximum atomic E-state index is 5.83. The van der Waals surface area contributed by atoms with E-state index in [1.54, 1.807) is 0 Å². The SMILES string of the molecule is CC1COC(CCl)c2ccccc21. The lowest BCUT2D eigenvalue weighted by atomic mass is 9.91. The number of ether oxygens (including phenoxy) is 1. The smallest absolute Gasteiger partial charge is 0.0963 e. The van der Waals surface area contributed by atoms with Crippen molar-refractivity contribution in [3.05, 3.63) is 35.4 Å². The first kappa shape index (κ1) is 9.04. The Morgan fingerprint density at radius 3 is 2.77 bits per heavy atom. The minimum atomic E-state index is 0.0917. The molecule has 2 atom stereocenters. The standard InChI is InChI=1S/C11H13ClO/c1-8-7-13-11(6-12)10-5-3-2-4-9(8)10/h2-5,8,11H,6-7H2,1H3. The van der Waals surface area contributed by atoms with Crippen molar-refractivity contribution in [1.29, 1.82) is 0 Å². The van der Waals surface area contributed by atoms with E-state index in [9.17, 15) is 0 Å². The van der Waals surface area contributed by atoms with E-state index in [-0.39, 0.29) is 6.10 Å². The van der Waals surface area contributed by atoms with E-state index in [4.69, 9.17) is 16.3 Å². The number of hydrogen-bond acceptors (Lipinski definition) is 1. The zero-order chi connectivity index (χ0) is 9.26. The third-order valence-corrected chi connectivity index (χ3v) is 2.84. The summed E-state index contributed by atoms with van der Waals surface area (Å²) in [6.07, 6.45) is 0.0917. The predicted molar refractivity (Wildman–Crippen MR) is 54.3 cm³/mol. The fraction of sp³-hybridized carbons (Fsp3) is 0.455. The summed E-state index contributed by atoms with van der Waals surface area (Å²) in [5.41, 5.74) is 2.65. The summed E-state index contributed by atoms with van der Waals surface area (Å²) in [4.78, 5) is 0. The van der Waals surface area contributed by atoms with Crippen LogP contribution in [0.2, 0.25) is 0 Å². The molecule has 1 aromatic carbocycles. The van der Waals surface area contributed by atoms with Gasteiger partial charge in [0.05, 0.1) is 18.6 Å². The van der Waals surface area contributed by atoms with Crippen molar-refractivity contribution in [2.45, 2.75) is 18.9 Å². The van der Waals surface area contributed by atoms with Crippen molar-refractivity contribution in [2.24, 2.45) is 0 Å². The van der Waals surface area contributed by atoms with Gasteiger partial charge in [0.2, 0.25) is 0 Å². The number of alkyl halides is 1. The van der Waals surface area contributed by atoms with Crippen molar-refractivity contribution < 1.29 is 4.74 Å². The average Bonchev–Trinajstić information content (AvgIpc) is 2.19. The number of fused-ring (bicyclic) bond motifs is 1. The van der Waals surface area contributed by atoms with Gasteiger partial charge in [-0.25, -0.2) is 0 Å². The van der Waals surface area contributed by atoms with Gasteiger partial charge in [-0.1, -0.05) is 31.2 Å². The summed E-state index contributed by atoms with van der Waals surface area (Å²) < 4.78 is 5.63. The minimum Gasteiger partial charge on any atom is -0.372 e. The fourth-order valence-electron chi connectivity index (χ4n) is 1.82. The molecule has 1 heterocycles. The number of benzene rings is 1. The van der Waals surface area contributed by atoms with Gasteiger partial charge in [0.1, 0.15) is 0 Å². The lowest BCUT2D eigenvalue weighted by molar-refractivity contribution is 0.0452. The Hall–Kier alpha value is -0.530. The summed E-state index contributed by atoms with van der Waals surface area (Å²) >= 11 is 5.83. The summed E-state index contributed by atoms with van der Waals surface area (Å²) in [5.74, 6) is 1.04. The summed E-state index contributed by atoms with van der Waals surface area (Å²) in [6, 6.07) is 8.39. The van der Waals surface area contributed by atoms with Gasteiger partial charge in [-0.05, 0) is 11.1 Å². The molecule has 0 spiro atoms. The van der Waals surface area contributed by atoms with Crippen LogP contribution in [0.3, 0.4) is 0 Å². The number of halogens is 1. The molecule has 0 N–H and O–H groups in total. The third kappa shape index (κ3) is 1.59. The topological polar surface area (TPSA) is 9.23 Å². The largest absolute Gasteiger partial charge is 0.372 e. The Morgan fingerprint density at radius 1 is 1.38 bits per heavy atom. The van der Waals surface area contributed by atoms with Gasteiger partial charge in [0.15, 0.2) is 0 Å². The van der Waals surface area contributed by atoms with Crippen LogP contribution in [0.5, 0.6) is 0 Å². The van der Waals surface area contributed by atoms with Gasteiger partial charge in [-0.2, -0.15) is 0 Å². The van der Waals surface area contributed by atoms with Crippen LogP contribution in [0.15, 0.2) is 24.3 Å². The number of rotatable bonds is 1. The average molecular weight is 197 g/mol. The molecule has 2 unspecified atom stereocenters. The molecule has 0 radical (unpaired) electrons. The van der Waals surface area contributed by atoms with Crippen molar-refractivity contribution >= 4 is 11.6 Å². The van der Waals surface area contributed by atoms with Crippen LogP contribution in [-0.2, 0) is 4.74 Å². The molecule has 1 nitrogen and oxygen atoms in total. The van der Waals surface area contributed by atoms with Crippen LogP contribution in [0.1, 0.15) is 30.1 Å². The molecule has 1 aromatic rings. The lowest BCUT2D eigenvalue weighted by Crippen LogP contribution is -2.20. The van der Waals surface area contributed by atoms with E-state index in [0.29, 0.717) is 11.8 Å². The Bertz CT molecular complexity index is 298. The van der Waals surface area contributed by atoms with Crippen LogP contribution in [0.4, 0.5) is 0 Å². The predicted octanol–water partition coefficient (Wildman–Crippen LogP) is 3.10. The van der Waals surface area contributed by atoms with Crippen LogP contribution in [0.25, 0.3) is 0 Å². The first-order chi connectivity index (χ1) is 6.33. The van der Waals surface area contributed by atoms with Crippen molar-refractivity contribution in [1.82, 2.24) is 0 Å². The molecular weight excluding hydrogens is 184 g/mol. The first-order valence-corrected chi connectivity index (χ1v) is 5.12. The molecule has 1 aliphatic rings. The minimum absolute atomic E-state index is 0.0917. The molecule has 0 aromatic heterocycles. The molecule has 0 aliphatic carbocycles. The molecule has 1 aliphatic heterocycles. The molecule has 0 bridgehead atoms. The molecule has 2 heteroatoms. The van der Waals surface area contributed by atoms with Crippen LogP contribution < -0.4 is 0 Å². The molecule has 2 rings (SSSR count). The molecule has 0 saturated carbocycles. The van der Waals surface area contributed by atoms with Gasteiger partial charge in [-0.3, -0.25) is 0 Å². The molecule has 0 amide bonds. The summed E-state index contributed by atoms with van der Waals surface area (Å²) in [7, 11) is 0. The quantitative estimate of drug-likeness (QED) is 0.628. The lowest BCUT2D eigenvalue weighted by Gasteiger charge is -2.28. The molecular formula is C11H13ClO. The number of hydrogen-bond donors (Lipinski definition) is 0. The maximum absolute atomic E-state index is 5.83. The van der Waals surface area contributed by atoms with Crippen molar-refractivity contribution in [3.63, 3.8) is 0 Å². The van der Waals surface area contributed by atoms with Crippen LogP contribution in [0, 0.1) is 0 Å². The van der Waals surface area contributed by atoms with Gasteiger partial charge in [0, 0.05) is 5.92 Å². The summed E-state index contributed by atoms with van der Waals surface area (Å²) in [5, 5.41) is 0. The second-order valence-corrected chi connectivity index (χ2v) is 3.81. The van der Waals surface area contributed by atoms with E-state index < -0.39 is 0 Å². The second kappa shape index (κ2) is 3.69. The van der Waals surface area contributed by atoms with Crippen LogP contribution >= 0.6 is 11.6 Å². The van der Waals surface area contributed by atoms with Gasteiger partial charge >= 0.3 is 0 Å². The highest BCUT2D eigenvalue weighted by Crippen LogP contribution is 2.33. The normalized spacial score (nSPS) is 26.9. The monoisotopic (exact) mass is 196 g/mol. The highest BCUT2D eigenvalue weighted by molar-refractivity contribution is 6.18. The Labute approximate surface area is 83.7 Å². The van der Waals surface area contributed by atoms with Crippen molar-refractivity contribution in [3.8, 4) is 0 Å². The van der Waals surface area contributed by atoms with E-state index >= 15 is 0 Å². The summed E-state index contributed by atoms with van der Waals surface area (Å²) in [6.45, 7) is 2.97. The highest BCUT2D eigenvalue weighted by Gasteiger charge is 2.23. The van der Waals surface area contributed by atoms with Crippen molar-refractivity contribution in [2.75, 3.05) is 12.5 Å². The Balaban J connectivity index is 2.42. The van der Waals surface area contributed by atoms with E-state index in [2.05, 4.69) is 25.1 Å².